The number of methoxy groups -OCH3 is 1. The van der Waals surface area contributed by atoms with Crippen LogP contribution in [-0.2, 0) is 17.8 Å². The van der Waals surface area contributed by atoms with Crippen LogP contribution in [0.4, 0.5) is 15.0 Å². The standard InChI is InChI=1S/C29H33FN6O4/c1-29(2,3)40-28(38)35-12-11-19(16-35)17-36-26(32)23(14-31)25(34-36)20-7-5-18(6-8-20)15-33-27(37)22-13-21(30)9-10-24(22)39-4/h5-10,13,19H,11-12,15-17,32H2,1-4H3,(H,33,37)/t19-/m1/s1. The Balaban J connectivity index is 1.42. The number of halogens is 1. The number of aromatic nitrogens is 2. The van der Waals surface area contributed by atoms with Crippen LogP contribution in [0.25, 0.3) is 11.3 Å². The second-order valence-electron chi connectivity index (χ2n) is 10.7. The number of carbonyl (C=O) groups is 2. The molecule has 0 bridgehead atoms. The molecule has 10 nitrogen and oxygen atoms in total. The number of benzene rings is 2. The van der Waals surface area contributed by atoms with E-state index in [1.165, 1.54) is 19.2 Å². The summed E-state index contributed by atoms with van der Waals surface area (Å²) in [5.74, 6) is -0.321. The van der Waals surface area contributed by atoms with Crippen LogP contribution in [0.1, 0.15) is 48.7 Å². The summed E-state index contributed by atoms with van der Waals surface area (Å²) in [5.41, 5.74) is 8.08. The largest absolute Gasteiger partial charge is 0.496 e. The van der Waals surface area contributed by atoms with E-state index in [4.69, 9.17) is 15.2 Å². The monoisotopic (exact) mass is 548 g/mol. The molecule has 0 radical (unpaired) electrons. The van der Waals surface area contributed by atoms with Crippen LogP contribution in [0.2, 0.25) is 0 Å². The molecule has 3 aromatic rings. The number of nitrogens with one attached hydrogen (secondary N) is 1. The molecule has 0 aliphatic carbocycles. The van der Waals surface area contributed by atoms with Crippen molar-refractivity contribution >= 4 is 17.8 Å². The Labute approximate surface area is 232 Å². The number of nitriles is 1. The highest BCUT2D eigenvalue weighted by atomic mass is 19.1. The van der Waals surface area contributed by atoms with Gasteiger partial charge >= 0.3 is 6.09 Å². The Bertz CT molecular complexity index is 1440. The van der Waals surface area contributed by atoms with E-state index in [-0.39, 0.29) is 41.3 Å². The van der Waals surface area contributed by atoms with Crippen molar-refractivity contribution in [3.05, 3.63) is 65.0 Å². The van der Waals surface area contributed by atoms with Gasteiger partial charge in [0.1, 0.15) is 40.3 Å². The second kappa shape index (κ2) is 11.7. The number of carbonyl (C=O) groups excluding carboxylic acids is 2. The molecule has 0 unspecified atom stereocenters. The Morgan fingerprint density at radius 3 is 2.60 bits per heavy atom. The van der Waals surface area contributed by atoms with Gasteiger partial charge in [0.25, 0.3) is 5.91 Å². The van der Waals surface area contributed by atoms with E-state index in [2.05, 4.69) is 16.5 Å². The molecular formula is C29H33FN6O4. The lowest BCUT2D eigenvalue weighted by molar-refractivity contribution is 0.0286. The first kappa shape index (κ1) is 28.4. The molecule has 0 saturated carbocycles. The molecule has 11 heteroatoms. The molecule has 210 valence electrons. The van der Waals surface area contributed by atoms with Crippen LogP contribution in [0.3, 0.4) is 0 Å². The van der Waals surface area contributed by atoms with E-state index in [9.17, 15) is 19.2 Å². The molecule has 1 saturated heterocycles. The minimum Gasteiger partial charge on any atom is -0.496 e. The fraction of sp³-hybridized carbons (Fsp3) is 0.379. The molecule has 40 heavy (non-hydrogen) atoms. The number of hydrogen-bond acceptors (Lipinski definition) is 7. The number of ether oxygens (including phenoxy) is 2. The molecule has 1 aliphatic heterocycles. The SMILES string of the molecule is COc1ccc(F)cc1C(=O)NCc1ccc(-c2nn(C[C@@H]3CCN(C(=O)OC(C)(C)C)C3)c(N)c2C#N)cc1. The highest BCUT2D eigenvalue weighted by Gasteiger charge is 2.31. The average Bonchev–Trinajstić information content (AvgIpc) is 3.51. The number of nitrogens with two attached hydrogens (primary N) is 1. The summed E-state index contributed by atoms with van der Waals surface area (Å²) in [5, 5.41) is 17.2. The molecule has 3 N–H and O–H groups in total. The Morgan fingerprint density at radius 2 is 1.95 bits per heavy atom. The van der Waals surface area contributed by atoms with E-state index in [1.54, 1.807) is 21.7 Å². The molecule has 1 aliphatic rings. The fourth-order valence-electron chi connectivity index (χ4n) is 4.56. The predicted octanol–water partition coefficient (Wildman–Crippen LogP) is 4.34. The maximum Gasteiger partial charge on any atom is 0.410 e. The summed E-state index contributed by atoms with van der Waals surface area (Å²) in [6.45, 7) is 7.28. The molecule has 2 amide bonds. The van der Waals surface area contributed by atoms with Gasteiger partial charge in [0.05, 0.1) is 12.7 Å². The second-order valence-corrected chi connectivity index (χ2v) is 10.7. The summed E-state index contributed by atoms with van der Waals surface area (Å²) in [4.78, 5) is 26.7. The van der Waals surface area contributed by atoms with Gasteiger partial charge in [0.2, 0.25) is 0 Å². The van der Waals surface area contributed by atoms with E-state index >= 15 is 0 Å². The van der Waals surface area contributed by atoms with Crippen molar-refractivity contribution < 1.29 is 23.5 Å². The average molecular weight is 549 g/mol. The zero-order chi connectivity index (χ0) is 29.0. The number of nitrogen functional groups attached to an aromatic ring is 1. The van der Waals surface area contributed by atoms with Crippen LogP contribution >= 0.6 is 0 Å². The third-order valence-corrected chi connectivity index (χ3v) is 6.56. The van der Waals surface area contributed by atoms with Crippen LogP contribution in [0.15, 0.2) is 42.5 Å². The Hall–Kier alpha value is -4.59. The molecule has 2 heterocycles. The van der Waals surface area contributed by atoms with E-state index in [0.29, 0.717) is 30.9 Å². The van der Waals surface area contributed by atoms with E-state index in [0.717, 1.165) is 18.1 Å². The highest BCUT2D eigenvalue weighted by Crippen LogP contribution is 2.29. The third kappa shape index (κ3) is 6.51. The van der Waals surface area contributed by atoms with Crippen LogP contribution in [0.5, 0.6) is 5.75 Å². The quantitative estimate of drug-likeness (QED) is 0.448. The van der Waals surface area contributed by atoms with Gasteiger partial charge in [-0.05, 0) is 56.9 Å². The summed E-state index contributed by atoms with van der Waals surface area (Å²) in [6.07, 6.45) is 0.436. The topological polar surface area (TPSA) is 136 Å². The molecule has 0 spiro atoms. The zero-order valence-electron chi connectivity index (χ0n) is 23.0. The Kier molecular flexibility index (Phi) is 8.28. The molecule has 4 rings (SSSR count). The first-order valence-corrected chi connectivity index (χ1v) is 12.9. The normalized spacial score (nSPS) is 15.0. The van der Waals surface area contributed by atoms with Crippen molar-refractivity contribution in [2.75, 3.05) is 25.9 Å². The zero-order valence-corrected chi connectivity index (χ0v) is 23.0. The lowest BCUT2D eigenvalue weighted by atomic mass is 10.1. The van der Waals surface area contributed by atoms with Gasteiger partial charge in [-0.15, -0.1) is 0 Å². The summed E-state index contributed by atoms with van der Waals surface area (Å²) < 4.78 is 25.9. The van der Waals surface area contributed by atoms with Crippen molar-refractivity contribution in [3.8, 4) is 23.1 Å². The molecular weight excluding hydrogens is 515 g/mol. The number of likely N-dealkylation sites (tertiary alicyclic amines) is 1. The van der Waals surface area contributed by atoms with Crippen LogP contribution < -0.4 is 15.8 Å². The summed E-state index contributed by atoms with van der Waals surface area (Å²) in [6, 6.07) is 13.1. The minimum atomic E-state index is -0.561. The van der Waals surface area contributed by atoms with Gasteiger partial charge in [-0.1, -0.05) is 24.3 Å². The van der Waals surface area contributed by atoms with Gasteiger partial charge in [0, 0.05) is 31.7 Å². The predicted molar refractivity (Wildman–Crippen MR) is 147 cm³/mol. The number of hydrogen-bond donors (Lipinski definition) is 2. The van der Waals surface area contributed by atoms with Crippen molar-refractivity contribution in [1.82, 2.24) is 20.0 Å². The van der Waals surface area contributed by atoms with Crippen molar-refractivity contribution in [2.24, 2.45) is 5.92 Å². The lowest BCUT2D eigenvalue weighted by Crippen LogP contribution is -2.35. The third-order valence-electron chi connectivity index (χ3n) is 6.56. The molecule has 2 aromatic carbocycles. The number of nitrogens with zero attached hydrogens (tertiary/aromatic N) is 4. The molecule has 1 atom stereocenters. The minimum absolute atomic E-state index is 0.107. The van der Waals surface area contributed by atoms with Gasteiger partial charge in [-0.25, -0.2) is 13.9 Å². The lowest BCUT2D eigenvalue weighted by Gasteiger charge is -2.24. The maximum atomic E-state index is 13.6. The van der Waals surface area contributed by atoms with E-state index < -0.39 is 17.3 Å². The van der Waals surface area contributed by atoms with Gasteiger partial charge in [0.15, 0.2) is 0 Å². The van der Waals surface area contributed by atoms with Crippen molar-refractivity contribution in [3.63, 3.8) is 0 Å². The van der Waals surface area contributed by atoms with Crippen molar-refractivity contribution in [1.29, 1.82) is 5.26 Å². The van der Waals surface area contributed by atoms with Crippen LogP contribution in [-0.4, -0.2) is 52.5 Å². The highest BCUT2D eigenvalue weighted by molar-refractivity contribution is 5.96. The number of rotatable bonds is 7. The maximum absolute atomic E-state index is 13.6. The smallest absolute Gasteiger partial charge is 0.410 e. The van der Waals surface area contributed by atoms with Gasteiger partial charge in [-0.3, -0.25) is 4.79 Å². The number of anilines is 1. The Morgan fingerprint density at radius 1 is 1.23 bits per heavy atom. The van der Waals surface area contributed by atoms with Gasteiger partial charge < -0.3 is 25.4 Å². The molecule has 1 aromatic heterocycles. The van der Waals surface area contributed by atoms with Crippen molar-refractivity contribution in [2.45, 2.75) is 45.9 Å². The van der Waals surface area contributed by atoms with Gasteiger partial charge in [-0.2, -0.15) is 10.4 Å². The molecule has 1 fully saturated rings. The number of amides is 2. The first-order valence-electron chi connectivity index (χ1n) is 12.9. The fourth-order valence-corrected chi connectivity index (χ4v) is 4.56. The van der Waals surface area contributed by atoms with Crippen LogP contribution in [0, 0.1) is 23.1 Å². The van der Waals surface area contributed by atoms with E-state index in [1.807, 2.05) is 32.9 Å². The first-order chi connectivity index (χ1) is 19.0. The summed E-state index contributed by atoms with van der Waals surface area (Å²) >= 11 is 0. The summed E-state index contributed by atoms with van der Waals surface area (Å²) in [7, 11) is 1.42.